The lowest BCUT2D eigenvalue weighted by molar-refractivity contribution is -0.549. The highest BCUT2D eigenvalue weighted by atomic mass is 19.4. The van der Waals surface area contributed by atoms with Crippen LogP contribution in [0.5, 0.6) is 0 Å². The summed E-state index contributed by atoms with van der Waals surface area (Å²) in [6.45, 7) is 0. The highest BCUT2D eigenvalue weighted by molar-refractivity contribution is 5.03. The van der Waals surface area contributed by atoms with Crippen molar-refractivity contribution in [3.05, 3.63) is 0 Å². The SMILES string of the molecule is COC(F)(F)C(F)(F)C(F)(F)OC(F)(C1CCCC(OC)(C(F)(OC(F)(F)C(F)(F)C(F)(F)OC)C(F)(F)F)O1)C(F)(F)F. The van der Waals surface area contributed by atoms with E-state index in [1.807, 2.05) is 0 Å². The summed E-state index contributed by atoms with van der Waals surface area (Å²) in [4.78, 5) is 0. The van der Waals surface area contributed by atoms with E-state index in [0.29, 0.717) is 0 Å². The second-order valence-electron chi connectivity index (χ2n) is 8.52. The van der Waals surface area contributed by atoms with Crippen LogP contribution in [0.2, 0.25) is 0 Å². The van der Waals surface area contributed by atoms with Gasteiger partial charge in [0.05, 0.1) is 0 Å². The van der Waals surface area contributed by atoms with E-state index in [2.05, 4.69) is 28.4 Å². The molecular weight excluding hydrogens is 692 g/mol. The van der Waals surface area contributed by atoms with Crippen LogP contribution in [-0.2, 0) is 28.4 Å². The molecule has 4 atom stereocenters. The molecule has 0 N–H and O–H groups in total. The van der Waals surface area contributed by atoms with Crippen molar-refractivity contribution >= 4 is 0 Å². The van der Waals surface area contributed by atoms with E-state index in [0.717, 1.165) is 0 Å². The van der Waals surface area contributed by atoms with Gasteiger partial charge >= 0.3 is 60.3 Å². The van der Waals surface area contributed by atoms with Gasteiger partial charge in [-0.25, -0.2) is 0 Å². The summed E-state index contributed by atoms with van der Waals surface area (Å²) < 4.78 is 294. The van der Waals surface area contributed by atoms with Crippen LogP contribution in [0.1, 0.15) is 19.3 Å². The molecule has 0 spiro atoms. The van der Waals surface area contributed by atoms with Crippen molar-refractivity contribution in [1.82, 2.24) is 0 Å². The zero-order chi connectivity index (χ0) is 35.4. The van der Waals surface area contributed by atoms with Crippen LogP contribution in [0.15, 0.2) is 0 Å². The van der Waals surface area contributed by atoms with Gasteiger partial charge in [0.1, 0.15) is 6.10 Å². The quantitative estimate of drug-likeness (QED) is 0.187. The van der Waals surface area contributed by atoms with Crippen LogP contribution in [0.4, 0.5) is 87.8 Å². The molecule has 264 valence electrons. The first-order valence-corrected chi connectivity index (χ1v) is 10.7. The second-order valence-corrected chi connectivity index (χ2v) is 8.52. The Morgan fingerprint density at radius 1 is 0.545 bits per heavy atom. The third kappa shape index (κ3) is 6.21. The molecule has 0 aromatic carbocycles. The first-order chi connectivity index (χ1) is 19.2. The highest BCUT2D eigenvalue weighted by Crippen LogP contribution is 2.59. The highest BCUT2D eigenvalue weighted by Gasteiger charge is 2.84. The number of hydrogen-bond acceptors (Lipinski definition) is 6. The molecule has 1 saturated heterocycles. The van der Waals surface area contributed by atoms with Crippen LogP contribution < -0.4 is 0 Å². The van der Waals surface area contributed by atoms with E-state index in [4.69, 9.17) is 0 Å². The van der Waals surface area contributed by atoms with Crippen molar-refractivity contribution < 1.29 is 116 Å². The molecule has 0 radical (unpaired) electrons. The van der Waals surface area contributed by atoms with Crippen molar-refractivity contribution in [3.63, 3.8) is 0 Å². The minimum Gasteiger partial charge on any atom is -0.348 e. The molecule has 0 aromatic heterocycles. The summed E-state index contributed by atoms with van der Waals surface area (Å²) in [5, 5.41) is 0. The molecule has 0 saturated carbocycles. The van der Waals surface area contributed by atoms with Crippen molar-refractivity contribution in [2.45, 2.75) is 91.5 Å². The van der Waals surface area contributed by atoms with Gasteiger partial charge in [0.15, 0.2) is 0 Å². The predicted molar refractivity (Wildman–Crippen MR) is 94.1 cm³/mol. The normalized spacial score (nSPS) is 25.0. The maximum atomic E-state index is 15.4. The summed E-state index contributed by atoms with van der Waals surface area (Å²) in [7, 11) is -1.14. The van der Waals surface area contributed by atoms with Gasteiger partial charge in [0, 0.05) is 27.8 Å². The Bertz CT molecular complexity index is 1000. The van der Waals surface area contributed by atoms with Gasteiger partial charge in [0.2, 0.25) is 5.79 Å². The van der Waals surface area contributed by atoms with E-state index in [1.54, 1.807) is 0 Å². The first kappa shape index (κ1) is 40.4. The van der Waals surface area contributed by atoms with Crippen LogP contribution in [0.3, 0.4) is 0 Å². The molecule has 1 fully saturated rings. The maximum Gasteiger partial charge on any atom is 0.454 e. The fourth-order valence-electron chi connectivity index (χ4n) is 3.39. The molecule has 0 aromatic rings. The van der Waals surface area contributed by atoms with E-state index < -0.39 is 106 Å². The molecule has 1 aliphatic heterocycles. The van der Waals surface area contributed by atoms with Crippen molar-refractivity contribution in [3.8, 4) is 0 Å². The molecular formula is C18H16F20O6. The zero-order valence-electron chi connectivity index (χ0n) is 21.2. The molecule has 0 aliphatic carbocycles. The van der Waals surface area contributed by atoms with E-state index >= 15 is 8.78 Å². The molecule has 0 amide bonds. The second kappa shape index (κ2) is 11.6. The van der Waals surface area contributed by atoms with Crippen LogP contribution in [0, 0.1) is 0 Å². The average Bonchev–Trinajstić information content (AvgIpc) is 2.86. The Labute approximate surface area is 230 Å². The van der Waals surface area contributed by atoms with Crippen molar-refractivity contribution in [2.75, 3.05) is 21.3 Å². The third-order valence-corrected chi connectivity index (χ3v) is 5.81. The summed E-state index contributed by atoms with van der Waals surface area (Å²) in [6, 6.07) is 0. The van der Waals surface area contributed by atoms with Gasteiger partial charge in [-0.2, -0.15) is 87.8 Å². The van der Waals surface area contributed by atoms with Gasteiger partial charge in [-0.1, -0.05) is 0 Å². The lowest BCUT2D eigenvalue weighted by Gasteiger charge is -2.51. The monoisotopic (exact) mass is 708 g/mol. The summed E-state index contributed by atoms with van der Waals surface area (Å²) in [5.41, 5.74) is 0. The lowest BCUT2D eigenvalue weighted by atomic mass is 9.91. The Morgan fingerprint density at radius 3 is 1.25 bits per heavy atom. The molecule has 26 heteroatoms. The first-order valence-electron chi connectivity index (χ1n) is 10.7. The molecule has 44 heavy (non-hydrogen) atoms. The van der Waals surface area contributed by atoms with Gasteiger partial charge in [-0.3, -0.25) is 9.47 Å². The fraction of sp³-hybridized carbons (Fsp3) is 1.00. The summed E-state index contributed by atoms with van der Waals surface area (Å²) in [6.07, 6.45) is -52.6. The number of ether oxygens (including phenoxy) is 6. The molecule has 0 bridgehead atoms. The Balaban J connectivity index is 3.86. The fourth-order valence-corrected chi connectivity index (χ4v) is 3.39. The molecule has 1 heterocycles. The van der Waals surface area contributed by atoms with Gasteiger partial charge < -0.3 is 18.9 Å². The number of methoxy groups -OCH3 is 3. The van der Waals surface area contributed by atoms with Crippen LogP contribution in [0.25, 0.3) is 0 Å². The number of alkyl halides is 20. The molecule has 1 rings (SSSR count). The van der Waals surface area contributed by atoms with Crippen LogP contribution >= 0.6 is 0 Å². The van der Waals surface area contributed by atoms with Gasteiger partial charge in [0.25, 0.3) is 0 Å². The average molecular weight is 708 g/mol. The molecule has 6 nitrogen and oxygen atoms in total. The van der Waals surface area contributed by atoms with Crippen molar-refractivity contribution in [2.24, 2.45) is 0 Å². The third-order valence-electron chi connectivity index (χ3n) is 5.81. The Kier molecular flexibility index (Phi) is 10.6. The number of halogens is 20. The minimum atomic E-state index is -7.41. The van der Waals surface area contributed by atoms with E-state index in [9.17, 15) is 79.0 Å². The molecule has 4 unspecified atom stereocenters. The van der Waals surface area contributed by atoms with Crippen LogP contribution in [-0.4, -0.2) is 93.6 Å². The molecule has 1 aliphatic rings. The number of rotatable bonds is 13. The lowest BCUT2D eigenvalue weighted by Crippen LogP contribution is -2.72. The largest absolute Gasteiger partial charge is 0.454 e. The summed E-state index contributed by atoms with van der Waals surface area (Å²) >= 11 is 0. The summed E-state index contributed by atoms with van der Waals surface area (Å²) in [5.74, 6) is -33.3. The standard InChI is InChI=1S/C18H16F20O6/c1-39-8(12(24,14(28,29)30)44-18(37,38)11(22,23)16(33,34)41-3)6-4-5-7(42-8)9(19,13(25,26)27)43-17(35,36)10(20,21)15(31,32)40-2/h7H,4-6H2,1-3H3. The van der Waals surface area contributed by atoms with E-state index in [1.165, 1.54) is 0 Å². The Hall–Kier alpha value is -1.64. The van der Waals surface area contributed by atoms with E-state index in [-0.39, 0.29) is 7.11 Å². The van der Waals surface area contributed by atoms with Gasteiger partial charge in [-0.05, 0) is 12.8 Å². The smallest absolute Gasteiger partial charge is 0.348 e. The topological polar surface area (TPSA) is 55.4 Å². The Morgan fingerprint density at radius 2 is 0.932 bits per heavy atom. The maximum absolute atomic E-state index is 15.4. The van der Waals surface area contributed by atoms with Crippen molar-refractivity contribution in [1.29, 1.82) is 0 Å². The number of hydrogen-bond donors (Lipinski definition) is 0. The minimum absolute atomic E-state index is 0.317. The zero-order valence-corrected chi connectivity index (χ0v) is 21.2. The van der Waals surface area contributed by atoms with Gasteiger partial charge in [-0.15, -0.1) is 0 Å². The predicted octanol–water partition coefficient (Wildman–Crippen LogP) is 7.32.